The molecule has 0 spiro atoms. The molecular formula is C17H16ClNO2. The molecule has 2 aromatic carbocycles. The first kappa shape index (κ1) is 15.1. The van der Waals surface area contributed by atoms with Gasteiger partial charge in [-0.05, 0) is 42.0 Å². The van der Waals surface area contributed by atoms with E-state index in [9.17, 15) is 0 Å². The van der Waals surface area contributed by atoms with Gasteiger partial charge >= 0.3 is 0 Å². The van der Waals surface area contributed by atoms with Gasteiger partial charge in [0.15, 0.2) is 0 Å². The van der Waals surface area contributed by atoms with E-state index < -0.39 is 0 Å². The summed E-state index contributed by atoms with van der Waals surface area (Å²) in [4.78, 5) is 0. The van der Waals surface area contributed by atoms with E-state index in [1.807, 2.05) is 42.5 Å². The zero-order chi connectivity index (χ0) is 15.1. The Kier molecular flexibility index (Phi) is 5.36. The minimum absolute atomic E-state index is 0.211. The standard InChI is InChI=1S/C17H16ClNO2/c1-3-10-21-17-9-4-13(11-16(17)18)12-19-14-5-7-15(20-2)8-6-14/h1,4-9,11,19H,10,12H2,2H3. The van der Waals surface area contributed by atoms with Crippen molar-refractivity contribution in [2.75, 3.05) is 19.0 Å². The molecule has 0 atom stereocenters. The maximum Gasteiger partial charge on any atom is 0.148 e. The van der Waals surface area contributed by atoms with E-state index in [-0.39, 0.29) is 6.61 Å². The minimum Gasteiger partial charge on any atom is -0.497 e. The highest BCUT2D eigenvalue weighted by molar-refractivity contribution is 6.32. The lowest BCUT2D eigenvalue weighted by Gasteiger charge is -2.10. The molecule has 2 rings (SSSR count). The van der Waals surface area contributed by atoms with Gasteiger partial charge in [0.1, 0.15) is 18.1 Å². The lowest BCUT2D eigenvalue weighted by atomic mass is 10.2. The fourth-order valence-corrected chi connectivity index (χ4v) is 2.06. The topological polar surface area (TPSA) is 30.5 Å². The number of rotatable bonds is 6. The number of hydrogen-bond donors (Lipinski definition) is 1. The molecule has 0 aliphatic heterocycles. The van der Waals surface area contributed by atoms with Crippen LogP contribution in [-0.2, 0) is 6.54 Å². The summed E-state index contributed by atoms with van der Waals surface area (Å²) in [5.74, 6) is 3.84. The molecule has 108 valence electrons. The van der Waals surface area contributed by atoms with Crippen molar-refractivity contribution in [3.05, 3.63) is 53.1 Å². The van der Waals surface area contributed by atoms with Crippen LogP contribution in [0.1, 0.15) is 5.56 Å². The predicted octanol–water partition coefficient (Wildman–Crippen LogP) is 3.97. The molecule has 0 amide bonds. The highest BCUT2D eigenvalue weighted by Crippen LogP contribution is 2.26. The van der Waals surface area contributed by atoms with E-state index in [1.165, 1.54) is 0 Å². The number of terminal acetylenes is 1. The Labute approximate surface area is 129 Å². The maximum absolute atomic E-state index is 6.15. The first-order valence-electron chi connectivity index (χ1n) is 6.45. The van der Waals surface area contributed by atoms with Crippen LogP contribution in [0.5, 0.6) is 11.5 Å². The second kappa shape index (κ2) is 7.47. The number of benzene rings is 2. The summed E-state index contributed by atoms with van der Waals surface area (Å²) >= 11 is 6.15. The van der Waals surface area contributed by atoms with Crippen molar-refractivity contribution in [3.8, 4) is 23.8 Å². The van der Waals surface area contributed by atoms with Crippen LogP contribution in [0, 0.1) is 12.3 Å². The van der Waals surface area contributed by atoms with Crippen molar-refractivity contribution in [3.63, 3.8) is 0 Å². The van der Waals surface area contributed by atoms with E-state index >= 15 is 0 Å². The number of halogens is 1. The van der Waals surface area contributed by atoms with Gasteiger partial charge < -0.3 is 14.8 Å². The first-order chi connectivity index (χ1) is 10.2. The molecule has 0 heterocycles. The highest BCUT2D eigenvalue weighted by atomic mass is 35.5. The van der Waals surface area contributed by atoms with Crippen molar-refractivity contribution in [1.29, 1.82) is 0 Å². The lowest BCUT2D eigenvalue weighted by Crippen LogP contribution is -2.00. The van der Waals surface area contributed by atoms with Crippen LogP contribution in [0.2, 0.25) is 5.02 Å². The molecule has 0 saturated carbocycles. The van der Waals surface area contributed by atoms with E-state index in [4.69, 9.17) is 27.5 Å². The van der Waals surface area contributed by atoms with Gasteiger partial charge in [0.05, 0.1) is 12.1 Å². The summed E-state index contributed by atoms with van der Waals surface area (Å²) < 4.78 is 10.4. The summed E-state index contributed by atoms with van der Waals surface area (Å²) in [6, 6.07) is 13.4. The lowest BCUT2D eigenvalue weighted by molar-refractivity contribution is 0.370. The van der Waals surface area contributed by atoms with E-state index in [0.717, 1.165) is 17.0 Å². The third-order valence-corrected chi connectivity index (χ3v) is 3.19. The highest BCUT2D eigenvalue weighted by Gasteiger charge is 2.03. The first-order valence-corrected chi connectivity index (χ1v) is 6.83. The van der Waals surface area contributed by atoms with Crippen molar-refractivity contribution >= 4 is 17.3 Å². The number of methoxy groups -OCH3 is 1. The van der Waals surface area contributed by atoms with Crippen LogP contribution in [0.4, 0.5) is 5.69 Å². The van der Waals surface area contributed by atoms with Gasteiger partial charge in [-0.1, -0.05) is 23.6 Å². The van der Waals surface area contributed by atoms with E-state index in [1.54, 1.807) is 7.11 Å². The summed E-state index contributed by atoms with van der Waals surface area (Å²) in [7, 11) is 1.65. The average molecular weight is 302 g/mol. The molecule has 21 heavy (non-hydrogen) atoms. The Hall–Kier alpha value is -2.31. The van der Waals surface area contributed by atoms with Gasteiger partial charge in [-0.25, -0.2) is 0 Å². The minimum atomic E-state index is 0.211. The van der Waals surface area contributed by atoms with Gasteiger partial charge in [0, 0.05) is 12.2 Å². The van der Waals surface area contributed by atoms with Crippen molar-refractivity contribution in [1.82, 2.24) is 0 Å². The molecule has 0 unspecified atom stereocenters. The summed E-state index contributed by atoms with van der Waals surface area (Å²) in [5.41, 5.74) is 2.07. The van der Waals surface area contributed by atoms with Gasteiger partial charge in [0.25, 0.3) is 0 Å². The fraction of sp³-hybridized carbons (Fsp3) is 0.176. The summed E-state index contributed by atoms with van der Waals surface area (Å²) in [5, 5.41) is 3.87. The Morgan fingerprint density at radius 1 is 1.19 bits per heavy atom. The molecular weight excluding hydrogens is 286 g/mol. The molecule has 0 saturated heterocycles. The van der Waals surface area contributed by atoms with Crippen LogP contribution >= 0.6 is 11.6 Å². The van der Waals surface area contributed by atoms with Crippen LogP contribution in [0.15, 0.2) is 42.5 Å². The summed E-state index contributed by atoms with van der Waals surface area (Å²) in [6.45, 7) is 0.880. The van der Waals surface area contributed by atoms with Gasteiger partial charge in [0.2, 0.25) is 0 Å². The molecule has 0 aromatic heterocycles. The zero-order valence-corrected chi connectivity index (χ0v) is 12.5. The predicted molar refractivity (Wildman–Crippen MR) is 86.1 cm³/mol. The maximum atomic E-state index is 6.15. The SMILES string of the molecule is C#CCOc1ccc(CNc2ccc(OC)cc2)cc1Cl. The number of ether oxygens (including phenoxy) is 2. The monoisotopic (exact) mass is 301 g/mol. The Morgan fingerprint density at radius 2 is 1.95 bits per heavy atom. The quantitative estimate of drug-likeness (QED) is 0.819. The van der Waals surface area contributed by atoms with Crippen LogP contribution in [0.3, 0.4) is 0 Å². The summed E-state index contributed by atoms with van der Waals surface area (Å²) in [6.07, 6.45) is 5.15. The number of hydrogen-bond acceptors (Lipinski definition) is 3. The Morgan fingerprint density at radius 3 is 2.57 bits per heavy atom. The molecule has 0 radical (unpaired) electrons. The van der Waals surface area contributed by atoms with E-state index in [0.29, 0.717) is 17.3 Å². The van der Waals surface area contributed by atoms with Gasteiger partial charge in [-0.3, -0.25) is 0 Å². The average Bonchev–Trinajstić information content (AvgIpc) is 2.52. The second-order valence-electron chi connectivity index (χ2n) is 4.34. The molecule has 3 nitrogen and oxygen atoms in total. The molecule has 0 aliphatic rings. The Bertz CT molecular complexity index is 632. The third-order valence-electron chi connectivity index (χ3n) is 2.89. The Balaban J connectivity index is 1.96. The normalized spacial score (nSPS) is 9.76. The largest absolute Gasteiger partial charge is 0.497 e. The zero-order valence-electron chi connectivity index (χ0n) is 11.7. The third kappa shape index (κ3) is 4.34. The van der Waals surface area contributed by atoms with Crippen molar-refractivity contribution < 1.29 is 9.47 Å². The van der Waals surface area contributed by atoms with Crippen molar-refractivity contribution in [2.45, 2.75) is 6.54 Å². The van der Waals surface area contributed by atoms with Crippen LogP contribution in [0.25, 0.3) is 0 Å². The van der Waals surface area contributed by atoms with Gasteiger partial charge in [-0.2, -0.15) is 0 Å². The molecule has 0 aliphatic carbocycles. The molecule has 2 aromatic rings. The van der Waals surface area contributed by atoms with E-state index in [2.05, 4.69) is 11.2 Å². The van der Waals surface area contributed by atoms with Crippen molar-refractivity contribution in [2.24, 2.45) is 0 Å². The van der Waals surface area contributed by atoms with Crippen LogP contribution < -0.4 is 14.8 Å². The smallest absolute Gasteiger partial charge is 0.148 e. The molecule has 1 N–H and O–H groups in total. The molecule has 0 fully saturated rings. The molecule has 4 heteroatoms. The molecule has 0 bridgehead atoms. The number of anilines is 1. The van der Waals surface area contributed by atoms with Gasteiger partial charge in [-0.15, -0.1) is 6.42 Å². The number of nitrogens with one attached hydrogen (secondary N) is 1. The second-order valence-corrected chi connectivity index (χ2v) is 4.75. The van der Waals surface area contributed by atoms with Crippen LogP contribution in [-0.4, -0.2) is 13.7 Å². The fourth-order valence-electron chi connectivity index (χ4n) is 1.80.